The fraction of sp³-hybridized carbons (Fsp3) is 0.286. The Morgan fingerprint density at radius 1 is 1.43 bits per heavy atom. The summed E-state index contributed by atoms with van der Waals surface area (Å²) in [6, 6.07) is 5.55. The van der Waals surface area contributed by atoms with Gasteiger partial charge in [0.15, 0.2) is 0 Å². The van der Waals surface area contributed by atoms with Crippen LogP contribution in [-0.2, 0) is 6.54 Å². The van der Waals surface area contributed by atoms with Gasteiger partial charge in [0.1, 0.15) is 21.7 Å². The van der Waals surface area contributed by atoms with Crippen molar-refractivity contribution in [1.29, 1.82) is 0 Å². The summed E-state index contributed by atoms with van der Waals surface area (Å²) in [6.07, 6.45) is -4.29. The summed E-state index contributed by atoms with van der Waals surface area (Å²) in [5, 5.41) is 12.2. The van der Waals surface area contributed by atoms with E-state index in [4.69, 9.17) is 0 Å². The summed E-state index contributed by atoms with van der Waals surface area (Å²) in [7, 11) is 0. The molecule has 1 aromatic heterocycles. The van der Waals surface area contributed by atoms with Crippen molar-refractivity contribution in [3.8, 4) is 5.75 Å². The lowest BCUT2D eigenvalue weighted by Gasteiger charge is -2.13. The molecule has 0 saturated heterocycles. The molecule has 2 aromatic rings. The quantitative estimate of drug-likeness (QED) is 0.873. The molecule has 0 saturated carbocycles. The van der Waals surface area contributed by atoms with Gasteiger partial charge >= 0.3 is 6.36 Å². The molecule has 5 nitrogen and oxygen atoms in total. The minimum atomic E-state index is -4.80. The van der Waals surface area contributed by atoms with Gasteiger partial charge < -0.3 is 15.2 Å². The van der Waals surface area contributed by atoms with E-state index >= 15 is 0 Å². The van der Waals surface area contributed by atoms with Gasteiger partial charge in [0.2, 0.25) is 0 Å². The van der Waals surface area contributed by atoms with Crippen LogP contribution in [0.1, 0.15) is 33.3 Å². The van der Waals surface area contributed by atoms with Crippen LogP contribution in [0.2, 0.25) is 0 Å². The summed E-state index contributed by atoms with van der Waals surface area (Å²) >= 11 is 1.01. The minimum absolute atomic E-state index is 0.132. The molecule has 2 rings (SSSR count). The average Bonchev–Trinajstić information content (AvgIpc) is 2.94. The van der Waals surface area contributed by atoms with Crippen molar-refractivity contribution in [3.63, 3.8) is 0 Å². The van der Waals surface area contributed by atoms with E-state index in [9.17, 15) is 23.1 Å². The number of hydrogen-bond donors (Lipinski definition) is 2. The highest BCUT2D eigenvalue weighted by Gasteiger charge is 2.32. The van der Waals surface area contributed by atoms with Crippen LogP contribution in [0.3, 0.4) is 0 Å². The molecule has 0 radical (unpaired) electrons. The maximum absolute atomic E-state index is 12.3. The summed E-state index contributed by atoms with van der Waals surface area (Å²) in [6.45, 7) is 1.39. The number of rotatable bonds is 5. The number of alkyl halides is 3. The molecule has 2 N–H and O–H groups in total. The number of para-hydroxylation sites is 1. The van der Waals surface area contributed by atoms with Crippen LogP contribution < -0.4 is 10.1 Å². The zero-order valence-corrected chi connectivity index (χ0v) is 12.7. The van der Waals surface area contributed by atoms with Crippen LogP contribution >= 0.6 is 11.3 Å². The number of aromatic nitrogens is 1. The minimum Gasteiger partial charge on any atom is -0.405 e. The first-order valence-electron chi connectivity index (χ1n) is 6.52. The van der Waals surface area contributed by atoms with Crippen molar-refractivity contribution in [2.75, 3.05) is 0 Å². The third-order valence-corrected chi connectivity index (χ3v) is 3.91. The molecule has 1 heterocycles. The van der Waals surface area contributed by atoms with Crippen molar-refractivity contribution in [3.05, 3.63) is 45.9 Å². The Morgan fingerprint density at radius 2 is 2.13 bits per heavy atom. The maximum atomic E-state index is 12.3. The van der Waals surface area contributed by atoms with Crippen molar-refractivity contribution < 1.29 is 27.8 Å². The number of carbonyl (C=O) groups excluding carboxylic acids is 1. The van der Waals surface area contributed by atoms with Gasteiger partial charge in [0.25, 0.3) is 5.91 Å². The number of thiazole rings is 1. The molecule has 23 heavy (non-hydrogen) atoms. The summed E-state index contributed by atoms with van der Waals surface area (Å²) in [4.78, 5) is 16.1. The van der Waals surface area contributed by atoms with Crippen LogP contribution in [0.4, 0.5) is 13.2 Å². The highest BCUT2D eigenvalue weighted by Crippen LogP contribution is 2.26. The summed E-state index contributed by atoms with van der Waals surface area (Å²) < 4.78 is 40.9. The van der Waals surface area contributed by atoms with E-state index in [0.29, 0.717) is 5.01 Å². The third kappa shape index (κ3) is 4.93. The van der Waals surface area contributed by atoms with Crippen LogP contribution in [0, 0.1) is 0 Å². The lowest BCUT2D eigenvalue weighted by atomic mass is 10.2. The van der Waals surface area contributed by atoms with Gasteiger partial charge in [0.05, 0.1) is 6.20 Å². The monoisotopic (exact) mass is 346 g/mol. The molecule has 1 aromatic carbocycles. The fourth-order valence-corrected chi connectivity index (χ4v) is 2.49. The van der Waals surface area contributed by atoms with Gasteiger partial charge in [-0.15, -0.1) is 24.5 Å². The Balaban J connectivity index is 2.04. The van der Waals surface area contributed by atoms with Gasteiger partial charge in [-0.3, -0.25) is 4.79 Å². The van der Waals surface area contributed by atoms with Gasteiger partial charge in [-0.2, -0.15) is 0 Å². The molecular weight excluding hydrogens is 333 g/mol. The van der Waals surface area contributed by atoms with E-state index in [2.05, 4.69) is 15.0 Å². The van der Waals surface area contributed by atoms with Gasteiger partial charge in [0, 0.05) is 12.1 Å². The van der Waals surface area contributed by atoms with Gasteiger partial charge in [-0.1, -0.05) is 18.2 Å². The molecule has 0 spiro atoms. The zero-order valence-electron chi connectivity index (χ0n) is 11.9. The number of halogens is 3. The molecular formula is C14H13F3N2O3S. The number of nitrogens with one attached hydrogen (secondary N) is 1. The van der Waals surface area contributed by atoms with Crippen LogP contribution in [0.15, 0.2) is 30.5 Å². The van der Waals surface area contributed by atoms with Crippen molar-refractivity contribution in [1.82, 2.24) is 10.3 Å². The average molecular weight is 346 g/mol. The van der Waals surface area contributed by atoms with E-state index in [1.54, 1.807) is 6.07 Å². The number of aliphatic hydroxyl groups is 1. The number of aliphatic hydroxyl groups excluding tert-OH is 1. The normalized spacial score (nSPS) is 12.7. The van der Waals surface area contributed by atoms with E-state index in [-0.39, 0.29) is 22.7 Å². The smallest absolute Gasteiger partial charge is 0.405 e. The number of amides is 1. The first-order valence-corrected chi connectivity index (χ1v) is 7.33. The molecule has 0 aliphatic carbocycles. The zero-order chi connectivity index (χ0) is 17.0. The Bertz CT molecular complexity index is 686. The first-order chi connectivity index (χ1) is 10.8. The molecule has 9 heteroatoms. The third-order valence-electron chi connectivity index (χ3n) is 2.74. The van der Waals surface area contributed by atoms with E-state index in [1.807, 2.05) is 0 Å². The molecule has 0 aliphatic heterocycles. The molecule has 1 atom stereocenters. The largest absolute Gasteiger partial charge is 0.573 e. The Kier molecular flexibility index (Phi) is 5.22. The summed E-state index contributed by atoms with van der Waals surface area (Å²) in [5.74, 6) is -0.856. The molecule has 1 amide bonds. The second-order valence-corrected chi connectivity index (χ2v) is 5.64. The standard InChI is InChI=1S/C14H13F3N2O3S/c1-8(20)13-19-7-11(23-13)12(21)18-6-9-4-2-3-5-10(9)22-14(15,16)17/h2-5,7-8,20H,6H2,1H3,(H,18,21). The second kappa shape index (κ2) is 6.97. The molecule has 0 aliphatic rings. The number of nitrogens with zero attached hydrogens (tertiary/aromatic N) is 1. The van der Waals surface area contributed by atoms with E-state index in [0.717, 1.165) is 11.3 Å². The van der Waals surface area contributed by atoms with Crippen LogP contribution in [0.25, 0.3) is 0 Å². The number of hydrogen-bond acceptors (Lipinski definition) is 5. The Morgan fingerprint density at radius 3 is 2.74 bits per heavy atom. The molecule has 124 valence electrons. The van der Waals surface area contributed by atoms with E-state index < -0.39 is 18.4 Å². The van der Waals surface area contributed by atoms with Crippen LogP contribution in [0.5, 0.6) is 5.75 Å². The highest BCUT2D eigenvalue weighted by atomic mass is 32.1. The van der Waals surface area contributed by atoms with Gasteiger partial charge in [-0.25, -0.2) is 4.98 Å². The lowest BCUT2D eigenvalue weighted by molar-refractivity contribution is -0.274. The number of carbonyl (C=O) groups is 1. The number of ether oxygens (including phenoxy) is 1. The van der Waals surface area contributed by atoms with E-state index in [1.165, 1.54) is 31.3 Å². The maximum Gasteiger partial charge on any atom is 0.573 e. The van der Waals surface area contributed by atoms with Crippen molar-refractivity contribution >= 4 is 17.2 Å². The summed E-state index contributed by atoms with van der Waals surface area (Å²) in [5.41, 5.74) is 0.193. The second-order valence-electron chi connectivity index (χ2n) is 4.58. The lowest BCUT2D eigenvalue weighted by Crippen LogP contribution is -2.23. The predicted octanol–water partition coefficient (Wildman–Crippen LogP) is 3.03. The first kappa shape index (κ1) is 17.2. The topological polar surface area (TPSA) is 71.5 Å². The van der Waals surface area contributed by atoms with Crippen molar-refractivity contribution in [2.45, 2.75) is 25.9 Å². The number of benzene rings is 1. The van der Waals surface area contributed by atoms with Gasteiger partial charge in [-0.05, 0) is 13.0 Å². The Labute approximate surface area is 133 Å². The predicted molar refractivity (Wildman–Crippen MR) is 77.0 cm³/mol. The van der Waals surface area contributed by atoms with Crippen LogP contribution in [-0.4, -0.2) is 22.4 Å². The SMILES string of the molecule is CC(O)c1ncc(C(=O)NCc2ccccc2OC(F)(F)F)s1. The highest BCUT2D eigenvalue weighted by molar-refractivity contribution is 7.13. The molecule has 0 fully saturated rings. The molecule has 1 unspecified atom stereocenters. The Hall–Kier alpha value is -2.13. The molecule has 0 bridgehead atoms. The fourth-order valence-electron chi connectivity index (χ4n) is 1.72. The van der Waals surface area contributed by atoms with Crippen molar-refractivity contribution in [2.24, 2.45) is 0 Å².